The number of aliphatic hydroxyl groups excluding tert-OH is 1. The number of aliphatic hydroxyl groups is 1. The second kappa shape index (κ2) is 5.15. The van der Waals surface area contributed by atoms with Crippen LogP contribution in [0.1, 0.15) is 25.5 Å². The molecule has 0 saturated carbocycles. The molecule has 2 unspecified atom stereocenters. The van der Waals surface area contributed by atoms with Crippen molar-refractivity contribution in [1.82, 2.24) is 4.98 Å². The molecule has 90 valence electrons. The fourth-order valence-electron chi connectivity index (χ4n) is 2.28. The van der Waals surface area contributed by atoms with Crippen LogP contribution < -0.4 is 4.90 Å². The van der Waals surface area contributed by atoms with E-state index in [2.05, 4.69) is 9.88 Å². The van der Waals surface area contributed by atoms with Crippen LogP contribution in [0.5, 0.6) is 0 Å². The van der Waals surface area contributed by atoms with Gasteiger partial charge in [0.25, 0.3) is 0 Å². The Kier molecular flexibility index (Phi) is 3.60. The zero-order valence-corrected chi connectivity index (χ0v) is 10.0. The van der Waals surface area contributed by atoms with Crippen molar-refractivity contribution in [3.63, 3.8) is 0 Å². The molecule has 0 amide bonds. The maximum absolute atomic E-state index is 9.64. The van der Waals surface area contributed by atoms with Crippen LogP contribution in [0.25, 0.3) is 0 Å². The highest BCUT2D eigenvalue weighted by Gasteiger charge is 2.23. The summed E-state index contributed by atoms with van der Waals surface area (Å²) in [5, 5.41) is 18.3. The van der Waals surface area contributed by atoms with Crippen LogP contribution in [0, 0.1) is 17.2 Å². The first kappa shape index (κ1) is 11.9. The molecular formula is C13H17N3O. The summed E-state index contributed by atoms with van der Waals surface area (Å²) in [7, 11) is 0. The molecule has 1 aromatic rings. The van der Waals surface area contributed by atoms with Crippen LogP contribution in [0.3, 0.4) is 0 Å². The van der Waals surface area contributed by atoms with Crippen LogP contribution in [-0.4, -0.2) is 29.3 Å². The molecule has 2 atom stereocenters. The first-order valence-corrected chi connectivity index (χ1v) is 6.00. The molecule has 0 radical (unpaired) electrons. The van der Waals surface area contributed by atoms with E-state index in [4.69, 9.17) is 5.26 Å². The predicted octanol–water partition coefficient (Wildman–Crippen LogP) is 1.55. The quantitative estimate of drug-likeness (QED) is 0.839. The monoisotopic (exact) mass is 231 g/mol. The van der Waals surface area contributed by atoms with E-state index < -0.39 is 0 Å². The van der Waals surface area contributed by atoms with Crippen molar-refractivity contribution in [2.75, 3.05) is 18.0 Å². The van der Waals surface area contributed by atoms with Gasteiger partial charge in [0, 0.05) is 19.0 Å². The molecule has 1 aliphatic rings. The van der Waals surface area contributed by atoms with Gasteiger partial charge in [-0.15, -0.1) is 0 Å². The van der Waals surface area contributed by atoms with Gasteiger partial charge in [0.05, 0.1) is 18.0 Å². The third-order valence-electron chi connectivity index (χ3n) is 3.37. The van der Waals surface area contributed by atoms with Crippen LogP contribution in [0.15, 0.2) is 18.3 Å². The lowest BCUT2D eigenvalue weighted by Gasteiger charge is -2.35. The lowest BCUT2D eigenvalue weighted by Crippen LogP contribution is -2.39. The summed E-state index contributed by atoms with van der Waals surface area (Å²) in [4.78, 5) is 6.31. The zero-order valence-electron chi connectivity index (χ0n) is 10.0. The molecule has 1 aliphatic heterocycles. The number of piperidine rings is 1. The maximum Gasteiger partial charge on any atom is 0.140 e. The number of nitrogens with zero attached hydrogens (tertiary/aromatic N) is 3. The lowest BCUT2D eigenvalue weighted by atomic mass is 9.93. The minimum Gasteiger partial charge on any atom is -0.393 e. The van der Waals surface area contributed by atoms with E-state index in [9.17, 15) is 5.11 Å². The van der Waals surface area contributed by atoms with Crippen LogP contribution in [-0.2, 0) is 0 Å². The Bertz CT molecular complexity index is 408. The smallest absolute Gasteiger partial charge is 0.140 e. The highest BCUT2D eigenvalue weighted by Crippen LogP contribution is 2.24. The number of hydrogen-bond acceptors (Lipinski definition) is 4. The van der Waals surface area contributed by atoms with E-state index in [0.29, 0.717) is 11.6 Å². The average molecular weight is 231 g/mol. The van der Waals surface area contributed by atoms with Gasteiger partial charge in [-0.1, -0.05) is 0 Å². The molecule has 0 bridgehead atoms. The Balaban J connectivity index is 2.08. The van der Waals surface area contributed by atoms with Gasteiger partial charge in [-0.3, -0.25) is 0 Å². The summed E-state index contributed by atoms with van der Waals surface area (Å²) in [6.45, 7) is 3.72. The summed E-state index contributed by atoms with van der Waals surface area (Å²) in [6, 6.07) is 5.68. The Morgan fingerprint density at radius 2 is 2.41 bits per heavy atom. The minimum absolute atomic E-state index is 0.260. The standard InChI is InChI=1S/C13H17N3O/c1-10(17)11-3-2-6-16(9-11)13-5-4-12(7-14)15-8-13/h4-5,8,10-11,17H,2-3,6,9H2,1H3. The Morgan fingerprint density at radius 3 is 3.00 bits per heavy atom. The van der Waals surface area contributed by atoms with Crippen molar-refractivity contribution in [2.24, 2.45) is 5.92 Å². The van der Waals surface area contributed by atoms with E-state index in [1.54, 1.807) is 12.3 Å². The third-order valence-corrected chi connectivity index (χ3v) is 3.37. The van der Waals surface area contributed by atoms with E-state index >= 15 is 0 Å². The van der Waals surface area contributed by atoms with Gasteiger partial charge in [-0.05, 0) is 31.9 Å². The van der Waals surface area contributed by atoms with Crippen molar-refractivity contribution < 1.29 is 5.11 Å². The Labute approximate surface area is 102 Å². The maximum atomic E-state index is 9.64. The second-order valence-electron chi connectivity index (χ2n) is 4.60. The second-order valence-corrected chi connectivity index (χ2v) is 4.60. The SMILES string of the molecule is CC(O)C1CCCN(c2ccc(C#N)nc2)C1. The summed E-state index contributed by atoms with van der Waals surface area (Å²) in [5.41, 5.74) is 1.48. The molecule has 0 aromatic carbocycles. The van der Waals surface area contributed by atoms with Crippen LogP contribution in [0.4, 0.5) is 5.69 Å². The Hall–Kier alpha value is -1.60. The van der Waals surface area contributed by atoms with Crippen molar-refractivity contribution in [2.45, 2.75) is 25.9 Å². The number of pyridine rings is 1. The van der Waals surface area contributed by atoms with Gasteiger partial charge < -0.3 is 10.0 Å². The zero-order chi connectivity index (χ0) is 12.3. The first-order chi connectivity index (χ1) is 8.20. The fourth-order valence-corrected chi connectivity index (χ4v) is 2.28. The topological polar surface area (TPSA) is 60.1 Å². The van der Waals surface area contributed by atoms with Gasteiger partial charge in [0.2, 0.25) is 0 Å². The Morgan fingerprint density at radius 1 is 1.59 bits per heavy atom. The largest absolute Gasteiger partial charge is 0.393 e. The first-order valence-electron chi connectivity index (χ1n) is 6.00. The van der Waals surface area contributed by atoms with Gasteiger partial charge in [-0.25, -0.2) is 4.98 Å². The van der Waals surface area contributed by atoms with Crippen molar-refractivity contribution in [1.29, 1.82) is 5.26 Å². The molecule has 0 spiro atoms. The van der Waals surface area contributed by atoms with Gasteiger partial charge >= 0.3 is 0 Å². The molecule has 0 aliphatic carbocycles. The van der Waals surface area contributed by atoms with E-state index in [1.165, 1.54) is 0 Å². The highest BCUT2D eigenvalue weighted by molar-refractivity contribution is 5.46. The van der Waals surface area contributed by atoms with Gasteiger partial charge in [-0.2, -0.15) is 5.26 Å². The van der Waals surface area contributed by atoms with Crippen molar-refractivity contribution in [3.8, 4) is 6.07 Å². The average Bonchev–Trinajstić information content (AvgIpc) is 2.39. The van der Waals surface area contributed by atoms with E-state index in [-0.39, 0.29) is 6.10 Å². The van der Waals surface area contributed by atoms with Gasteiger partial charge in [0.15, 0.2) is 0 Å². The number of rotatable bonds is 2. The van der Waals surface area contributed by atoms with Gasteiger partial charge in [0.1, 0.15) is 11.8 Å². The summed E-state index contributed by atoms with van der Waals surface area (Å²) in [6.07, 6.45) is 3.65. The summed E-state index contributed by atoms with van der Waals surface area (Å²) < 4.78 is 0. The number of aromatic nitrogens is 1. The summed E-state index contributed by atoms with van der Waals surface area (Å²) in [5.74, 6) is 0.333. The molecule has 2 heterocycles. The van der Waals surface area contributed by atoms with Crippen LogP contribution in [0.2, 0.25) is 0 Å². The van der Waals surface area contributed by atoms with E-state index in [1.807, 2.05) is 19.1 Å². The molecular weight excluding hydrogens is 214 g/mol. The molecule has 1 N–H and O–H groups in total. The minimum atomic E-state index is -0.260. The summed E-state index contributed by atoms with van der Waals surface area (Å²) >= 11 is 0. The molecule has 1 saturated heterocycles. The van der Waals surface area contributed by atoms with Crippen molar-refractivity contribution >= 4 is 5.69 Å². The molecule has 1 fully saturated rings. The fraction of sp³-hybridized carbons (Fsp3) is 0.538. The normalized spacial score (nSPS) is 21.9. The lowest BCUT2D eigenvalue weighted by molar-refractivity contribution is 0.115. The molecule has 2 rings (SSSR count). The van der Waals surface area contributed by atoms with E-state index in [0.717, 1.165) is 31.6 Å². The number of nitriles is 1. The molecule has 4 nitrogen and oxygen atoms in total. The number of hydrogen-bond donors (Lipinski definition) is 1. The van der Waals surface area contributed by atoms with Crippen LogP contribution >= 0.6 is 0 Å². The molecule has 1 aromatic heterocycles. The molecule has 4 heteroatoms. The predicted molar refractivity (Wildman–Crippen MR) is 65.6 cm³/mol. The molecule has 17 heavy (non-hydrogen) atoms. The number of anilines is 1. The highest BCUT2D eigenvalue weighted by atomic mass is 16.3. The van der Waals surface area contributed by atoms with Crippen molar-refractivity contribution in [3.05, 3.63) is 24.0 Å². The third kappa shape index (κ3) is 2.75.